The Labute approximate surface area is 214 Å². The lowest BCUT2D eigenvalue weighted by Gasteiger charge is -2.13. The van der Waals surface area contributed by atoms with Crippen LogP contribution in [0.4, 0.5) is 11.0 Å². The second-order valence-electron chi connectivity index (χ2n) is 7.62. The van der Waals surface area contributed by atoms with Crippen molar-refractivity contribution in [3.8, 4) is 0 Å². The molecule has 0 unspecified atom stereocenters. The summed E-state index contributed by atoms with van der Waals surface area (Å²) in [5.74, 6) is -0.301. The first-order valence-corrected chi connectivity index (χ1v) is 11.8. The molecule has 0 atom stereocenters. The third-order valence-corrected chi connectivity index (χ3v) is 5.87. The van der Waals surface area contributed by atoms with Gasteiger partial charge in [-0.15, -0.1) is 16.4 Å². The standard InChI is InChI=1S/C25H19N7O4S/c1-15(33)27-20-12-17(14-37-20)21(31-35-2)23-29-30-25(36-23)32-22(16-8-4-3-5-9-16)28-19(24(32)34)13-18-10-6-7-11-26-18/h3-14H,1-2H3,(H,27,33)/b19-13+,31-21-. The maximum absolute atomic E-state index is 13.5. The number of pyridine rings is 1. The van der Waals surface area contributed by atoms with Crippen LogP contribution in [0.25, 0.3) is 6.08 Å². The Balaban J connectivity index is 1.52. The summed E-state index contributed by atoms with van der Waals surface area (Å²) in [6.07, 6.45) is 3.23. The molecule has 4 heterocycles. The Bertz CT molecular complexity index is 1540. The highest BCUT2D eigenvalue weighted by Crippen LogP contribution is 2.28. The highest BCUT2D eigenvalue weighted by molar-refractivity contribution is 7.14. The Kier molecular flexibility index (Phi) is 6.64. The average molecular weight is 514 g/mol. The summed E-state index contributed by atoms with van der Waals surface area (Å²) in [5, 5.41) is 17.3. The second kappa shape index (κ2) is 10.3. The van der Waals surface area contributed by atoms with Gasteiger partial charge in [-0.25, -0.2) is 9.89 Å². The molecule has 0 saturated heterocycles. The van der Waals surface area contributed by atoms with Gasteiger partial charge in [-0.3, -0.25) is 14.6 Å². The van der Waals surface area contributed by atoms with Crippen LogP contribution in [0.15, 0.2) is 86.4 Å². The van der Waals surface area contributed by atoms with Crippen LogP contribution >= 0.6 is 11.3 Å². The molecule has 0 bridgehead atoms. The predicted octanol–water partition coefficient (Wildman–Crippen LogP) is 3.72. The molecule has 37 heavy (non-hydrogen) atoms. The number of nitrogens with one attached hydrogen (secondary N) is 1. The molecular weight excluding hydrogens is 494 g/mol. The zero-order valence-corrected chi connectivity index (χ0v) is 20.5. The van der Waals surface area contributed by atoms with Gasteiger partial charge in [-0.2, -0.15) is 0 Å². The van der Waals surface area contributed by atoms with E-state index >= 15 is 0 Å². The zero-order chi connectivity index (χ0) is 25.8. The van der Waals surface area contributed by atoms with Crippen LogP contribution in [0.2, 0.25) is 0 Å². The second-order valence-corrected chi connectivity index (χ2v) is 8.53. The number of oxime groups is 1. The number of amidine groups is 1. The van der Waals surface area contributed by atoms with E-state index in [1.54, 1.807) is 35.9 Å². The minimum atomic E-state index is -0.451. The monoisotopic (exact) mass is 513 g/mol. The Hall–Kier alpha value is -4.97. The van der Waals surface area contributed by atoms with Gasteiger partial charge in [0.25, 0.3) is 11.8 Å². The van der Waals surface area contributed by atoms with Crippen LogP contribution in [0.1, 0.15) is 29.6 Å². The molecule has 0 fully saturated rings. The lowest BCUT2D eigenvalue weighted by molar-refractivity contribution is -0.114. The summed E-state index contributed by atoms with van der Waals surface area (Å²) in [6.45, 7) is 1.42. The van der Waals surface area contributed by atoms with Crippen molar-refractivity contribution in [2.75, 3.05) is 17.3 Å². The van der Waals surface area contributed by atoms with Crippen molar-refractivity contribution < 1.29 is 18.8 Å². The molecule has 184 valence electrons. The normalized spacial score (nSPS) is 14.7. The maximum atomic E-state index is 13.5. The minimum absolute atomic E-state index is 0.0198. The molecule has 0 aliphatic carbocycles. The van der Waals surface area contributed by atoms with E-state index in [1.807, 2.05) is 36.4 Å². The molecule has 11 nitrogen and oxygen atoms in total. The van der Waals surface area contributed by atoms with Crippen LogP contribution in [-0.2, 0) is 14.4 Å². The van der Waals surface area contributed by atoms with Gasteiger partial charge in [-0.05, 0) is 24.3 Å². The number of nitrogens with zero attached hydrogens (tertiary/aromatic N) is 6. The van der Waals surface area contributed by atoms with Crippen LogP contribution in [0.5, 0.6) is 0 Å². The summed E-state index contributed by atoms with van der Waals surface area (Å²) in [5.41, 5.74) is 2.26. The molecule has 12 heteroatoms. The van der Waals surface area contributed by atoms with Crippen molar-refractivity contribution in [3.63, 3.8) is 0 Å². The van der Waals surface area contributed by atoms with Crippen molar-refractivity contribution in [3.05, 3.63) is 94.6 Å². The predicted molar refractivity (Wildman–Crippen MR) is 138 cm³/mol. The Morgan fingerprint density at radius 1 is 1.16 bits per heavy atom. The summed E-state index contributed by atoms with van der Waals surface area (Å²) in [6, 6.07) is 16.2. The SMILES string of the molecule is CO/N=C(/c1csc(NC(C)=O)c1)c1nnc(N2C(=O)/C(=C\c3ccccn3)N=C2c2ccccc2)o1. The first kappa shape index (κ1) is 23.8. The van der Waals surface area contributed by atoms with Crippen molar-refractivity contribution in [1.82, 2.24) is 15.2 Å². The number of carbonyl (C=O) groups excluding carboxylic acids is 2. The molecule has 2 amide bonds. The number of carbonyl (C=O) groups is 2. The van der Waals surface area contributed by atoms with Crippen molar-refractivity contribution in [2.45, 2.75) is 6.92 Å². The van der Waals surface area contributed by atoms with E-state index < -0.39 is 5.91 Å². The summed E-state index contributed by atoms with van der Waals surface area (Å²) < 4.78 is 5.91. The molecule has 5 rings (SSSR count). The number of aromatic nitrogens is 3. The molecule has 4 aromatic rings. The fraction of sp³-hybridized carbons (Fsp3) is 0.0800. The van der Waals surface area contributed by atoms with Crippen LogP contribution < -0.4 is 10.2 Å². The van der Waals surface area contributed by atoms with Crippen molar-refractivity contribution in [1.29, 1.82) is 0 Å². The van der Waals surface area contributed by atoms with Gasteiger partial charge in [0.2, 0.25) is 5.91 Å². The van der Waals surface area contributed by atoms with Gasteiger partial charge >= 0.3 is 6.01 Å². The van der Waals surface area contributed by atoms with Crippen LogP contribution in [0, 0.1) is 0 Å². The van der Waals surface area contributed by atoms with Gasteiger partial charge in [0.15, 0.2) is 11.5 Å². The van der Waals surface area contributed by atoms with Gasteiger partial charge in [0.05, 0.1) is 10.7 Å². The fourth-order valence-electron chi connectivity index (χ4n) is 3.48. The highest BCUT2D eigenvalue weighted by Gasteiger charge is 2.36. The number of benzene rings is 1. The fourth-order valence-corrected chi connectivity index (χ4v) is 4.32. The van der Waals surface area contributed by atoms with E-state index in [1.165, 1.54) is 30.3 Å². The minimum Gasteiger partial charge on any atom is -0.401 e. The van der Waals surface area contributed by atoms with Crippen molar-refractivity contribution >= 4 is 51.8 Å². The molecule has 0 radical (unpaired) electrons. The number of amides is 2. The van der Waals surface area contributed by atoms with E-state index in [-0.39, 0.29) is 29.2 Å². The highest BCUT2D eigenvalue weighted by atomic mass is 32.1. The number of thiophene rings is 1. The molecule has 1 aromatic carbocycles. The maximum Gasteiger partial charge on any atom is 0.331 e. The smallest absolute Gasteiger partial charge is 0.331 e. The van der Waals surface area contributed by atoms with Crippen LogP contribution in [-0.4, -0.2) is 45.7 Å². The molecule has 1 aliphatic rings. The third-order valence-electron chi connectivity index (χ3n) is 5.03. The summed E-state index contributed by atoms with van der Waals surface area (Å²) in [4.78, 5) is 39.9. The number of hydrogen-bond donors (Lipinski definition) is 1. The molecule has 1 aliphatic heterocycles. The lowest BCUT2D eigenvalue weighted by atomic mass is 10.2. The van der Waals surface area contributed by atoms with Gasteiger partial charge < -0.3 is 14.6 Å². The van der Waals surface area contributed by atoms with Crippen molar-refractivity contribution in [2.24, 2.45) is 10.1 Å². The van der Waals surface area contributed by atoms with Gasteiger partial charge in [-0.1, -0.05) is 46.7 Å². The van der Waals surface area contributed by atoms with E-state index in [9.17, 15) is 9.59 Å². The quantitative estimate of drug-likeness (QED) is 0.226. The zero-order valence-electron chi connectivity index (χ0n) is 19.7. The number of aliphatic imine (C=N–C) groups is 1. The molecule has 0 saturated carbocycles. The Morgan fingerprint density at radius 3 is 2.70 bits per heavy atom. The van der Waals surface area contributed by atoms with E-state index in [0.29, 0.717) is 27.7 Å². The van der Waals surface area contributed by atoms with Gasteiger partial charge in [0, 0.05) is 29.6 Å². The molecule has 1 N–H and O–H groups in total. The molecular formula is C25H19N7O4S. The first-order valence-electron chi connectivity index (χ1n) is 11.0. The first-order chi connectivity index (χ1) is 18.0. The summed E-state index contributed by atoms with van der Waals surface area (Å²) in [7, 11) is 1.39. The lowest BCUT2D eigenvalue weighted by Crippen LogP contribution is -2.33. The number of anilines is 2. The van der Waals surface area contributed by atoms with Gasteiger partial charge in [0.1, 0.15) is 12.8 Å². The Morgan fingerprint density at radius 2 is 1.97 bits per heavy atom. The number of hydrogen-bond acceptors (Lipinski definition) is 10. The van der Waals surface area contributed by atoms with E-state index in [4.69, 9.17) is 9.25 Å². The van der Waals surface area contributed by atoms with Crippen LogP contribution in [0.3, 0.4) is 0 Å². The average Bonchev–Trinajstić information content (AvgIpc) is 3.63. The van der Waals surface area contributed by atoms with E-state index in [2.05, 4.69) is 30.6 Å². The topological polar surface area (TPSA) is 135 Å². The number of rotatable bonds is 7. The molecule has 0 spiro atoms. The summed E-state index contributed by atoms with van der Waals surface area (Å²) >= 11 is 1.30. The third kappa shape index (κ3) is 5.04. The largest absolute Gasteiger partial charge is 0.401 e. The molecule has 3 aromatic heterocycles. The van der Waals surface area contributed by atoms with E-state index in [0.717, 1.165) is 0 Å².